The van der Waals surface area contributed by atoms with E-state index < -0.39 is 5.97 Å². The number of benzene rings is 1. The Kier molecular flexibility index (Phi) is 5.17. The zero-order valence-electron chi connectivity index (χ0n) is 12.1. The number of aliphatic carboxylic acids is 1. The molecule has 1 aromatic heterocycles. The van der Waals surface area contributed by atoms with Gasteiger partial charge in [-0.3, -0.25) is 0 Å². The lowest BCUT2D eigenvalue weighted by molar-refractivity contribution is -0.130. The Balaban J connectivity index is 2.17. The van der Waals surface area contributed by atoms with Gasteiger partial charge in [-0.2, -0.15) is 0 Å². The highest BCUT2D eigenvalue weighted by atomic mass is 32.1. The maximum Gasteiger partial charge on any atom is 0.337 e. The molecule has 0 saturated carbocycles. The first-order valence-corrected chi connectivity index (χ1v) is 7.66. The number of carboxylic acid groups (broad SMARTS) is 1. The van der Waals surface area contributed by atoms with Gasteiger partial charge in [0.2, 0.25) is 0 Å². The second-order valence-corrected chi connectivity index (χ2v) is 6.06. The minimum absolute atomic E-state index is 0.306. The number of ether oxygens (including phenoxy) is 1. The van der Waals surface area contributed by atoms with Gasteiger partial charge in [-0.25, -0.2) is 4.79 Å². The minimum Gasteiger partial charge on any atom is -0.493 e. The summed E-state index contributed by atoms with van der Waals surface area (Å²) >= 11 is 1.42. The fraction of sp³-hybridized carbons (Fsp3) is 0.235. The average molecular weight is 302 g/mol. The van der Waals surface area contributed by atoms with E-state index in [4.69, 9.17) is 4.74 Å². The van der Waals surface area contributed by atoms with Gasteiger partial charge in [0.1, 0.15) is 5.75 Å². The molecule has 1 aromatic carbocycles. The quantitative estimate of drug-likeness (QED) is 0.804. The molecule has 4 heteroatoms. The molecular formula is C17H18O3S. The third-order valence-electron chi connectivity index (χ3n) is 2.79. The second kappa shape index (κ2) is 7.09. The highest BCUT2D eigenvalue weighted by Gasteiger charge is 2.11. The van der Waals surface area contributed by atoms with Crippen LogP contribution in [0.25, 0.3) is 11.6 Å². The first-order valence-electron chi connectivity index (χ1n) is 6.78. The van der Waals surface area contributed by atoms with Crippen molar-refractivity contribution in [1.29, 1.82) is 0 Å². The molecule has 0 saturated heterocycles. The van der Waals surface area contributed by atoms with Crippen molar-refractivity contribution in [2.24, 2.45) is 5.92 Å². The number of hydrogen-bond acceptors (Lipinski definition) is 3. The summed E-state index contributed by atoms with van der Waals surface area (Å²) < 4.78 is 5.61. The van der Waals surface area contributed by atoms with Crippen LogP contribution < -0.4 is 4.74 Å². The van der Waals surface area contributed by atoms with Crippen molar-refractivity contribution in [3.63, 3.8) is 0 Å². The zero-order chi connectivity index (χ0) is 15.2. The first kappa shape index (κ1) is 15.3. The standard InChI is InChI=1S/C17H18O3S/c1-12(2)11-20-14-7-5-13(6-8-14)10-15(17(18)19)16-4-3-9-21-16/h3-10,12H,11H2,1-2H3,(H,18,19)/b15-10-. The van der Waals surface area contributed by atoms with Crippen LogP contribution in [-0.2, 0) is 4.79 Å². The van der Waals surface area contributed by atoms with Crippen molar-refractivity contribution >= 4 is 29.0 Å². The summed E-state index contributed by atoms with van der Waals surface area (Å²) in [6.07, 6.45) is 1.68. The van der Waals surface area contributed by atoms with Crippen molar-refractivity contribution in [3.05, 3.63) is 52.2 Å². The third kappa shape index (κ3) is 4.46. The lowest BCUT2D eigenvalue weighted by Gasteiger charge is -2.08. The van der Waals surface area contributed by atoms with Crippen LogP contribution in [0.4, 0.5) is 0 Å². The van der Waals surface area contributed by atoms with Crippen molar-refractivity contribution in [1.82, 2.24) is 0 Å². The summed E-state index contributed by atoms with van der Waals surface area (Å²) in [5.41, 5.74) is 1.15. The minimum atomic E-state index is -0.919. The Morgan fingerprint density at radius 1 is 1.29 bits per heavy atom. The number of hydrogen-bond donors (Lipinski definition) is 1. The molecular weight excluding hydrogens is 284 g/mol. The van der Waals surface area contributed by atoms with Gasteiger partial charge in [0.05, 0.1) is 12.2 Å². The molecule has 21 heavy (non-hydrogen) atoms. The predicted molar refractivity (Wildman–Crippen MR) is 86.6 cm³/mol. The van der Waals surface area contributed by atoms with Crippen LogP contribution in [0.15, 0.2) is 41.8 Å². The van der Waals surface area contributed by atoms with Gasteiger partial charge in [-0.15, -0.1) is 11.3 Å². The normalized spacial score (nSPS) is 11.7. The molecule has 0 unspecified atom stereocenters. The Morgan fingerprint density at radius 3 is 2.52 bits per heavy atom. The van der Waals surface area contributed by atoms with E-state index in [1.54, 1.807) is 6.08 Å². The molecule has 0 fully saturated rings. The van der Waals surface area contributed by atoms with Crippen LogP contribution in [0.2, 0.25) is 0 Å². The van der Waals surface area contributed by atoms with E-state index in [0.717, 1.165) is 16.2 Å². The van der Waals surface area contributed by atoms with Crippen LogP contribution in [0, 0.1) is 5.92 Å². The molecule has 0 radical (unpaired) electrons. The number of carboxylic acids is 1. The molecule has 1 N–H and O–H groups in total. The largest absolute Gasteiger partial charge is 0.493 e. The van der Waals surface area contributed by atoms with Crippen LogP contribution in [0.5, 0.6) is 5.75 Å². The Hall–Kier alpha value is -2.07. The van der Waals surface area contributed by atoms with Crippen LogP contribution in [-0.4, -0.2) is 17.7 Å². The molecule has 0 bridgehead atoms. The fourth-order valence-corrected chi connectivity index (χ4v) is 2.49. The van der Waals surface area contributed by atoms with Crippen LogP contribution >= 0.6 is 11.3 Å². The monoisotopic (exact) mass is 302 g/mol. The molecule has 2 aromatic rings. The Labute approximate surface area is 128 Å². The summed E-state index contributed by atoms with van der Waals surface area (Å²) in [4.78, 5) is 12.1. The van der Waals surface area contributed by atoms with Crippen molar-refractivity contribution in [2.45, 2.75) is 13.8 Å². The maximum absolute atomic E-state index is 11.4. The molecule has 1 heterocycles. The highest BCUT2D eigenvalue weighted by molar-refractivity contribution is 7.11. The molecule has 0 spiro atoms. The maximum atomic E-state index is 11.4. The lowest BCUT2D eigenvalue weighted by Crippen LogP contribution is -2.04. The van der Waals surface area contributed by atoms with E-state index in [1.165, 1.54) is 11.3 Å². The van der Waals surface area contributed by atoms with Crippen molar-refractivity contribution in [2.75, 3.05) is 6.61 Å². The van der Waals surface area contributed by atoms with E-state index >= 15 is 0 Å². The van der Waals surface area contributed by atoms with Crippen molar-refractivity contribution < 1.29 is 14.6 Å². The SMILES string of the molecule is CC(C)COc1ccc(/C=C(\C(=O)O)c2cccs2)cc1. The molecule has 0 aliphatic heterocycles. The van der Waals surface area contributed by atoms with E-state index in [-0.39, 0.29) is 0 Å². The predicted octanol–water partition coefficient (Wildman–Crippen LogP) is 4.41. The van der Waals surface area contributed by atoms with Gasteiger partial charge in [0.15, 0.2) is 0 Å². The second-order valence-electron chi connectivity index (χ2n) is 5.11. The van der Waals surface area contributed by atoms with Gasteiger partial charge in [-0.1, -0.05) is 32.0 Å². The molecule has 0 atom stereocenters. The Morgan fingerprint density at radius 2 is 2.00 bits per heavy atom. The van der Waals surface area contributed by atoms with Gasteiger partial charge in [0.25, 0.3) is 0 Å². The Bertz CT molecular complexity index is 610. The molecule has 2 rings (SSSR count). The van der Waals surface area contributed by atoms with E-state index in [2.05, 4.69) is 13.8 Å². The van der Waals surface area contributed by atoms with E-state index in [1.807, 2.05) is 41.8 Å². The van der Waals surface area contributed by atoms with Gasteiger partial charge in [-0.05, 0) is 41.1 Å². The summed E-state index contributed by atoms with van der Waals surface area (Å²) in [5, 5.41) is 11.2. The summed E-state index contributed by atoms with van der Waals surface area (Å²) in [7, 11) is 0. The fourth-order valence-electron chi connectivity index (χ4n) is 1.76. The van der Waals surface area contributed by atoms with Crippen LogP contribution in [0.3, 0.4) is 0 Å². The summed E-state index contributed by atoms with van der Waals surface area (Å²) in [6.45, 7) is 4.86. The third-order valence-corrected chi connectivity index (χ3v) is 3.69. The van der Waals surface area contributed by atoms with Gasteiger partial charge in [0, 0.05) is 4.88 Å². The van der Waals surface area contributed by atoms with E-state index in [0.29, 0.717) is 18.1 Å². The number of carbonyl (C=O) groups is 1. The number of thiophene rings is 1. The molecule has 110 valence electrons. The number of rotatable bonds is 6. The lowest BCUT2D eigenvalue weighted by atomic mass is 10.1. The smallest absolute Gasteiger partial charge is 0.337 e. The molecule has 0 amide bonds. The summed E-state index contributed by atoms with van der Waals surface area (Å²) in [6, 6.07) is 11.1. The van der Waals surface area contributed by atoms with E-state index in [9.17, 15) is 9.90 Å². The van der Waals surface area contributed by atoms with Crippen LogP contribution in [0.1, 0.15) is 24.3 Å². The summed E-state index contributed by atoms with van der Waals surface area (Å²) in [5.74, 6) is 0.355. The van der Waals surface area contributed by atoms with Gasteiger partial charge >= 0.3 is 5.97 Å². The topological polar surface area (TPSA) is 46.5 Å². The molecule has 3 nitrogen and oxygen atoms in total. The highest BCUT2D eigenvalue weighted by Crippen LogP contribution is 2.24. The molecule has 0 aliphatic carbocycles. The molecule has 0 aliphatic rings. The average Bonchev–Trinajstić information content (AvgIpc) is 2.97. The first-order chi connectivity index (χ1) is 10.1. The van der Waals surface area contributed by atoms with Crippen molar-refractivity contribution in [3.8, 4) is 5.75 Å². The zero-order valence-corrected chi connectivity index (χ0v) is 12.9. The van der Waals surface area contributed by atoms with Gasteiger partial charge < -0.3 is 9.84 Å².